The molecule has 3 aromatic rings. The lowest BCUT2D eigenvalue weighted by atomic mass is 10.1. The fraction of sp³-hybridized carbons (Fsp3) is 0.292. The molecule has 0 spiro atoms. The highest BCUT2D eigenvalue weighted by Crippen LogP contribution is 2.22. The Kier molecular flexibility index (Phi) is 7.07. The van der Waals surface area contributed by atoms with E-state index < -0.39 is 0 Å². The maximum absolute atomic E-state index is 12.5. The Balaban J connectivity index is 1.21. The Morgan fingerprint density at radius 1 is 1.09 bits per heavy atom. The van der Waals surface area contributed by atoms with Crippen LogP contribution < -0.4 is 10.2 Å². The van der Waals surface area contributed by atoms with Crippen molar-refractivity contribution in [1.29, 1.82) is 0 Å². The number of carbonyl (C=O) groups is 2. The molecule has 1 aromatic heterocycles. The van der Waals surface area contributed by atoms with Crippen molar-refractivity contribution in [2.24, 2.45) is 0 Å². The number of nitrogens with one attached hydrogen (secondary N) is 1. The van der Waals surface area contributed by atoms with Crippen molar-refractivity contribution in [3.63, 3.8) is 0 Å². The molecule has 4 rings (SSSR count). The summed E-state index contributed by atoms with van der Waals surface area (Å²) in [4.78, 5) is 33.3. The number of benzene rings is 2. The maximum Gasteiger partial charge on any atom is 0.242 e. The third-order valence-corrected chi connectivity index (χ3v) is 6.48. The predicted octanol–water partition coefficient (Wildman–Crippen LogP) is 3.78. The summed E-state index contributed by atoms with van der Waals surface area (Å²) in [6, 6.07) is 15.5. The van der Waals surface area contributed by atoms with Crippen LogP contribution in [0.25, 0.3) is 11.3 Å². The monoisotopic (exact) mass is 468 g/mol. The zero-order chi connectivity index (χ0) is 22.5. The van der Waals surface area contributed by atoms with E-state index in [0.717, 1.165) is 40.6 Å². The van der Waals surface area contributed by atoms with Gasteiger partial charge < -0.3 is 15.1 Å². The van der Waals surface area contributed by atoms with E-state index in [4.69, 9.17) is 11.6 Å². The average molecular weight is 469 g/mol. The molecular weight excluding hydrogens is 444 g/mol. The van der Waals surface area contributed by atoms with Crippen molar-refractivity contribution >= 4 is 40.4 Å². The van der Waals surface area contributed by atoms with E-state index in [0.29, 0.717) is 18.1 Å². The Morgan fingerprint density at radius 3 is 2.50 bits per heavy atom. The van der Waals surface area contributed by atoms with Crippen LogP contribution in [0.2, 0.25) is 5.02 Å². The van der Waals surface area contributed by atoms with Gasteiger partial charge in [0.05, 0.1) is 23.7 Å². The van der Waals surface area contributed by atoms with Gasteiger partial charge in [-0.2, -0.15) is 0 Å². The number of piperazine rings is 1. The first kappa shape index (κ1) is 22.3. The van der Waals surface area contributed by atoms with Crippen LogP contribution in [0.5, 0.6) is 0 Å². The minimum absolute atomic E-state index is 0.0200. The van der Waals surface area contributed by atoms with Crippen LogP contribution in [0.4, 0.5) is 5.69 Å². The fourth-order valence-electron chi connectivity index (χ4n) is 3.71. The van der Waals surface area contributed by atoms with Crippen LogP contribution in [0.15, 0.2) is 53.9 Å². The molecular formula is C24H25ClN4O2S. The summed E-state index contributed by atoms with van der Waals surface area (Å²) < 4.78 is 0. The largest absolute Gasteiger partial charge is 0.368 e. The number of aromatic nitrogens is 1. The Morgan fingerprint density at radius 2 is 1.84 bits per heavy atom. The smallest absolute Gasteiger partial charge is 0.242 e. The number of halogens is 1. The highest BCUT2D eigenvalue weighted by atomic mass is 35.5. The van der Waals surface area contributed by atoms with Crippen molar-refractivity contribution in [2.75, 3.05) is 37.6 Å². The van der Waals surface area contributed by atoms with E-state index in [1.165, 1.54) is 0 Å². The van der Waals surface area contributed by atoms with Crippen LogP contribution >= 0.6 is 22.9 Å². The van der Waals surface area contributed by atoms with E-state index in [2.05, 4.69) is 15.2 Å². The molecule has 1 saturated heterocycles. The summed E-state index contributed by atoms with van der Waals surface area (Å²) in [6.45, 7) is 4.73. The van der Waals surface area contributed by atoms with Gasteiger partial charge in [0.2, 0.25) is 11.8 Å². The van der Waals surface area contributed by atoms with Gasteiger partial charge in [-0.15, -0.1) is 11.3 Å². The van der Waals surface area contributed by atoms with Gasteiger partial charge in [0.25, 0.3) is 0 Å². The van der Waals surface area contributed by atoms with E-state index in [9.17, 15) is 9.59 Å². The Hall–Kier alpha value is -2.90. The number of nitrogens with zero attached hydrogens (tertiary/aromatic N) is 3. The molecule has 0 radical (unpaired) electrons. The lowest BCUT2D eigenvalue weighted by molar-refractivity contribution is -0.133. The molecule has 0 saturated carbocycles. The summed E-state index contributed by atoms with van der Waals surface area (Å²) in [6.07, 6.45) is 0.242. The molecule has 1 aliphatic rings. The Bertz CT molecular complexity index is 1090. The van der Waals surface area contributed by atoms with E-state index >= 15 is 0 Å². The van der Waals surface area contributed by atoms with Crippen molar-refractivity contribution in [3.05, 3.63) is 69.5 Å². The predicted molar refractivity (Wildman–Crippen MR) is 129 cm³/mol. The van der Waals surface area contributed by atoms with Gasteiger partial charge in [-0.05, 0) is 30.7 Å². The second-order valence-electron chi connectivity index (χ2n) is 7.75. The molecule has 1 aliphatic heterocycles. The first-order valence-corrected chi connectivity index (χ1v) is 11.8. The van der Waals surface area contributed by atoms with Gasteiger partial charge >= 0.3 is 0 Å². The first-order chi connectivity index (χ1) is 15.5. The van der Waals surface area contributed by atoms with Crippen LogP contribution in [0, 0.1) is 6.92 Å². The average Bonchev–Trinajstić information content (AvgIpc) is 3.24. The maximum atomic E-state index is 12.5. The summed E-state index contributed by atoms with van der Waals surface area (Å²) in [5.41, 5.74) is 3.95. The SMILES string of the molecule is Cc1nc(-c2ccc(CC(=O)NCC(=O)N3CCN(c4cccc(Cl)c4)CC3)cc2)cs1. The number of hydrogen-bond donors (Lipinski definition) is 1. The van der Waals surface area contributed by atoms with Crippen LogP contribution in [0.1, 0.15) is 10.6 Å². The summed E-state index contributed by atoms with van der Waals surface area (Å²) in [5, 5.41) is 6.51. The molecule has 2 aromatic carbocycles. The molecule has 166 valence electrons. The van der Waals surface area contributed by atoms with Gasteiger partial charge in [0.1, 0.15) is 0 Å². The number of anilines is 1. The second-order valence-corrected chi connectivity index (χ2v) is 9.25. The molecule has 1 N–H and O–H groups in total. The quantitative estimate of drug-likeness (QED) is 0.598. The van der Waals surface area contributed by atoms with Gasteiger partial charge in [0.15, 0.2) is 0 Å². The molecule has 0 bridgehead atoms. The summed E-state index contributed by atoms with van der Waals surface area (Å²) in [7, 11) is 0. The fourth-order valence-corrected chi connectivity index (χ4v) is 4.52. The van der Waals surface area contributed by atoms with Crippen LogP contribution in [-0.4, -0.2) is 54.4 Å². The Labute approximate surface area is 196 Å². The molecule has 0 atom stereocenters. The van der Waals surface area contributed by atoms with Crippen LogP contribution in [-0.2, 0) is 16.0 Å². The highest BCUT2D eigenvalue weighted by Gasteiger charge is 2.21. The van der Waals surface area contributed by atoms with Gasteiger partial charge in [-0.3, -0.25) is 9.59 Å². The summed E-state index contributed by atoms with van der Waals surface area (Å²) in [5.74, 6) is -0.216. The molecule has 0 unspecified atom stereocenters. The van der Waals surface area contributed by atoms with E-state index in [-0.39, 0.29) is 24.8 Å². The zero-order valence-corrected chi connectivity index (χ0v) is 19.5. The number of hydrogen-bond acceptors (Lipinski definition) is 5. The zero-order valence-electron chi connectivity index (χ0n) is 17.9. The lowest BCUT2D eigenvalue weighted by Gasteiger charge is -2.36. The molecule has 6 nitrogen and oxygen atoms in total. The second kappa shape index (κ2) is 10.1. The molecule has 1 fully saturated rings. The number of rotatable bonds is 6. The van der Waals surface area contributed by atoms with Gasteiger partial charge in [-0.1, -0.05) is 41.9 Å². The van der Waals surface area contributed by atoms with Crippen molar-refractivity contribution < 1.29 is 9.59 Å². The van der Waals surface area contributed by atoms with Gasteiger partial charge in [-0.25, -0.2) is 4.98 Å². The molecule has 2 amide bonds. The van der Waals surface area contributed by atoms with Crippen molar-refractivity contribution in [3.8, 4) is 11.3 Å². The lowest BCUT2D eigenvalue weighted by Crippen LogP contribution is -2.51. The minimum Gasteiger partial charge on any atom is -0.368 e. The molecule has 0 aliphatic carbocycles. The normalized spacial score (nSPS) is 13.8. The summed E-state index contributed by atoms with van der Waals surface area (Å²) >= 11 is 7.69. The molecule has 2 heterocycles. The number of thiazole rings is 1. The van der Waals surface area contributed by atoms with Crippen molar-refractivity contribution in [1.82, 2.24) is 15.2 Å². The third-order valence-electron chi connectivity index (χ3n) is 5.48. The minimum atomic E-state index is -0.159. The standard InChI is InChI=1S/C24H25ClN4O2S/c1-17-27-22(16-32-17)19-7-5-18(6-8-19)13-23(30)26-15-24(31)29-11-9-28(10-12-29)21-4-2-3-20(25)14-21/h2-8,14,16H,9-13,15H2,1H3,(H,26,30). The topological polar surface area (TPSA) is 65.5 Å². The third kappa shape index (κ3) is 5.66. The number of amides is 2. The first-order valence-electron chi connectivity index (χ1n) is 10.5. The van der Waals surface area contributed by atoms with Gasteiger partial charge in [0, 0.05) is 47.8 Å². The highest BCUT2D eigenvalue weighted by molar-refractivity contribution is 7.09. The number of carbonyl (C=O) groups excluding carboxylic acids is 2. The molecule has 32 heavy (non-hydrogen) atoms. The van der Waals surface area contributed by atoms with E-state index in [1.807, 2.05) is 60.8 Å². The van der Waals surface area contributed by atoms with Crippen molar-refractivity contribution in [2.45, 2.75) is 13.3 Å². The number of aryl methyl sites for hydroxylation is 1. The molecule has 8 heteroatoms. The van der Waals surface area contributed by atoms with Crippen LogP contribution in [0.3, 0.4) is 0 Å². The van der Waals surface area contributed by atoms with E-state index in [1.54, 1.807) is 16.2 Å².